The third kappa shape index (κ3) is 1.88. The van der Waals surface area contributed by atoms with Crippen LogP contribution in [0, 0.1) is 13.3 Å². The van der Waals surface area contributed by atoms with Crippen LogP contribution in [0.15, 0.2) is 5.83 Å². The first kappa shape index (κ1) is 5.60. The molecule has 6 heavy (non-hydrogen) atoms. The molecule has 0 atom stereocenters. The molecule has 0 saturated heterocycles. The zero-order valence-corrected chi connectivity index (χ0v) is 3.17. The molecular weight excluding hydrogens is 86.0 g/mol. The van der Waals surface area contributed by atoms with E-state index in [4.69, 9.17) is 0 Å². The van der Waals surface area contributed by atoms with Crippen LogP contribution in [0.5, 0.6) is 0 Å². The van der Waals surface area contributed by atoms with E-state index in [1.807, 2.05) is 0 Å². The molecular formula is C4H4F2. The summed E-state index contributed by atoms with van der Waals surface area (Å²) in [5.41, 5.74) is 0. The molecule has 0 rings (SSSR count). The number of hydrogen-bond donors (Lipinski definition) is 0. The second-order valence-electron chi connectivity index (χ2n) is 0.749. The highest BCUT2D eigenvalue weighted by Crippen LogP contribution is 1.97. The molecule has 0 amide bonds. The lowest BCUT2D eigenvalue weighted by molar-refractivity contribution is 0.548. The smallest absolute Gasteiger partial charge is 0.192 e. The molecule has 0 aromatic heterocycles. The molecule has 0 saturated carbocycles. The summed E-state index contributed by atoms with van der Waals surface area (Å²) >= 11 is 0. The SMILES string of the molecule is [CH2]C/C(F)=[C]/F. The van der Waals surface area contributed by atoms with Crippen LogP contribution in [0.3, 0.4) is 0 Å². The number of allylic oxidation sites excluding steroid dienone is 1. The van der Waals surface area contributed by atoms with Crippen LogP contribution >= 0.6 is 0 Å². The monoisotopic (exact) mass is 90.0 g/mol. The Balaban J connectivity index is 3.22. The fourth-order valence-electron chi connectivity index (χ4n) is 0.0472. The van der Waals surface area contributed by atoms with Gasteiger partial charge in [0.1, 0.15) is 5.83 Å². The molecule has 0 aromatic rings. The van der Waals surface area contributed by atoms with E-state index in [0.29, 0.717) is 0 Å². The summed E-state index contributed by atoms with van der Waals surface area (Å²) in [6.45, 7) is 3.04. The quantitative estimate of drug-likeness (QED) is 0.460. The minimum atomic E-state index is -0.935. The maximum Gasteiger partial charge on any atom is 0.192 e. The summed E-state index contributed by atoms with van der Waals surface area (Å²) in [7, 11) is 0. The van der Waals surface area contributed by atoms with Gasteiger partial charge in [-0.3, -0.25) is 0 Å². The highest BCUT2D eigenvalue weighted by Gasteiger charge is 1.84. The Morgan fingerprint density at radius 2 is 2.33 bits per heavy atom. The predicted molar refractivity (Wildman–Crippen MR) is 18.9 cm³/mol. The van der Waals surface area contributed by atoms with Crippen molar-refractivity contribution in [2.24, 2.45) is 0 Å². The number of rotatable bonds is 1. The Morgan fingerprint density at radius 1 is 1.83 bits per heavy atom. The lowest BCUT2D eigenvalue weighted by atomic mass is 10.5. The standard InChI is InChI=1S/C4H4F2/c1-2-4(6)3-5/h1-2H2. The molecule has 0 aliphatic heterocycles. The van der Waals surface area contributed by atoms with Crippen molar-refractivity contribution in [3.63, 3.8) is 0 Å². The first-order chi connectivity index (χ1) is 2.81. The van der Waals surface area contributed by atoms with E-state index in [0.717, 1.165) is 6.33 Å². The Hall–Kier alpha value is -0.400. The molecule has 0 fully saturated rings. The van der Waals surface area contributed by atoms with E-state index < -0.39 is 5.83 Å². The molecule has 2 radical (unpaired) electrons. The van der Waals surface area contributed by atoms with Crippen molar-refractivity contribution >= 4 is 0 Å². The normalized spacial score (nSPS) is 12.2. The largest absolute Gasteiger partial charge is 0.208 e. The van der Waals surface area contributed by atoms with Gasteiger partial charge in [-0.15, -0.1) is 0 Å². The van der Waals surface area contributed by atoms with E-state index in [1.54, 1.807) is 0 Å². The molecule has 34 valence electrons. The van der Waals surface area contributed by atoms with Gasteiger partial charge in [0.2, 0.25) is 0 Å². The van der Waals surface area contributed by atoms with Crippen LogP contribution in [0.25, 0.3) is 0 Å². The van der Waals surface area contributed by atoms with Crippen molar-refractivity contribution in [3.8, 4) is 0 Å². The molecule has 0 N–H and O–H groups in total. The van der Waals surface area contributed by atoms with Crippen molar-refractivity contribution < 1.29 is 8.78 Å². The summed E-state index contributed by atoms with van der Waals surface area (Å²) in [6, 6.07) is 0. The molecule has 2 heteroatoms. The van der Waals surface area contributed by atoms with Crippen molar-refractivity contribution in [1.82, 2.24) is 0 Å². The zero-order chi connectivity index (χ0) is 4.99. The van der Waals surface area contributed by atoms with Gasteiger partial charge >= 0.3 is 0 Å². The van der Waals surface area contributed by atoms with Gasteiger partial charge in [-0.25, -0.2) is 8.78 Å². The molecule has 0 nitrogen and oxygen atoms in total. The topological polar surface area (TPSA) is 0 Å². The molecule has 0 spiro atoms. The molecule has 0 aromatic carbocycles. The van der Waals surface area contributed by atoms with Crippen LogP contribution in [0.4, 0.5) is 8.78 Å². The Labute approximate surface area is 35.5 Å². The van der Waals surface area contributed by atoms with E-state index >= 15 is 0 Å². The van der Waals surface area contributed by atoms with Crippen molar-refractivity contribution in [3.05, 3.63) is 19.1 Å². The fourth-order valence-corrected chi connectivity index (χ4v) is 0.0472. The Morgan fingerprint density at radius 3 is 2.33 bits per heavy atom. The van der Waals surface area contributed by atoms with Gasteiger partial charge < -0.3 is 0 Å². The summed E-state index contributed by atoms with van der Waals surface area (Å²) in [6.07, 6.45) is 0.646. The van der Waals surface area contributed by atoms with Gasteiger partial charge in [-0.2, -0.15) is 0 Å². The van der Waals surface area contributed by atoms with Crippen molar-refractivity contribution in [2.45, 2.75) is 6.42 Å². The Bertz CT molecular complexity index is 56.6. The third-order valence-electron chi connectivity index (χ3n) is 0.322. The Kier molecular flexibility index (Phi) is 2.63. The minimum Gasteiger partial charge on any atom is -0.208 e. The van der Waals surface area contributed by atoms with Gasteiger partial charge in [0.05, 0.1) is 0 Å². The second kappa shape index (κ2) is 2.82. The number of halogens is 2. The van der Waals surface area contributed by atoms with Crippen molar-refractivity contribution in [1.29, 1.82) is 0 Å². The molecule has 0 unspecified atom stereocenters. The maximum absolute atomic E-state index is 11.2. The van der Waals surface area contributed by atoms with Crippen LogP contribution in [-0.4, -0.2) is 0 Å². The minimum absolute atomic E-state index is 0.156. The van der Waals surface area contributed by atoms with Gasteiger partial charge in [-0.05, 0) is 6.92 Å². The second-order valence-corrected chi connectivity index (χ2v) is 0.749. The average Bonchev–Trinajstić information content (AvgIpc) is 1.65. The average molecular weight is 90.1 g/mol. The first-order valence-corrected chi connectivity index (χ1v) is 1.48. The molecule has 0 aliphatic carbocycles. The van der Waals surface area contributed by atoms with E-state index in [1.165, 1.54) is 0 Å². The predicted octanol–water partition coefficient (Wildman–Crippen LogP) is 1.79. The first-order valence-electron chi connectivity index (χ1n) is 1.48. The van der Waals surface area contributed by atoms with Crippen molar-refractivity contribution in [2.75, 3.05) is 0 Å². The van der Waals surface area contributed by atoms with Gasteiger partial charge in [-0.1, -0.05) is 0 Å². The maximum atomic E-state index is 11.2. The van der Waals surface area contributed by atoms with Gasteiger partial charge in [0, 0.05) is 6.42 Å². The fraction of sp³-hybridized carbons (Fsp3) is 0.250. The summed E-state index contributed by atoms with van der Waals surface area (Å²) in [5, 5.41) is 0. The van der Waals surface area contributed by atoms with Crippen LogP contribution in [0.2, 0.25) is 0 Å². The lowest BCUT2D eigenvalue weighted by Crippen LogP contribution is -1.61. The van der Waals surface area contributed by atoms with Crippen LogP contribution in [0.1, 0.15) is 6.42 Å². The van der Waals surface area contributed by atoms with Gasteiger partial charge in [0.15, 0.2) is 6.33 Å². The molecule has 0 heterocycles. The molecule has 0 aliphatic rings. The van der Waals surface area contributed by atoms with Crippen LogP contribution in [-0.2, 0) is 0 Å². The number of hydrogen-bond acceptors (Lipinski definition) is 0. The summed E-state index contributed by atoms with van der Waals surface area (Å²) in [4.78, 5) is 0. The van der Waals surface area contributed by atoms with E-state index in [2.05, 4.69) is 6.92 Å². The highest BCUT2D eigenvalue weighted by atomic mass is 19.2. The van der Waals surface area contributed by atoms with Crippen LogP contribution < -0.4 is 0 Å². The third-order valence-corrected chi connectivity index (χ3v) is 0.322. The molecule has 0 bridgehead atoms. The summed E-state index contributed by atoms with van der Waals surface area (Å²) in [5.74, 6) is -0.935. The van der Waals surface area contributed by atoms with E-state index in [9.17, 15) is 8.78 Å². The highest BCUT2D eigenvalue weighted by molar-refractivity contribution is 4.79. The summed E-state index contributed by atoms with van der Waals surface area (Å²) < 4.78 is 21.9. The van der Waals surface area contributed by atoms with E-state index in [-0.39, 0.29) is 6.42 Å². The zero-order valence-electron chi connectivity index (χ0n) is 3.17. The lowest BCUT2D eigenvalue weighted by Gasteiger charge is -1.75. The van der Waals surface area contributed by atoms with Gasteiger partial charge in [0.25, 0.3) is 0 Å².